The van der Waals surface area contributed by atoms with Gasteiger partial charge in [0.15, 0.2) is 0 Å². The summed E-state index contributed by atoms with van der Waals surface area (Å²) < 4.78 is 11.4. The van der Waals surface area contributed by atoms with Crippen LogP contribution in [0.2, 0.25) is 0 Å². The van der Waals surface area contributed by atoms with Gasteiger partial charge in [-0.2, -0.15) is 0 Å². The largest absolute Gasteiger partial charge is 0.493 e. The first-order chi connectivity index (χ1) is 8.70. The maximum atomic E-state index is 12.0. The monoisotopic (exact) mass is 245 g/mol. The van der Waals surface area contributed by atoms with Crippen LogP contribution in [0.4, 0.5) is 0 Å². The van der Waals surface area contributed by atoms with E-state index in [0.29, 0.717) is 17.7 Å². The van der Waals surface area contributed by atoms with Crippen molar-refractivity contribution in [2.45, 2.75) is 26.4 Å². The number of aromatic amines is 1. The molecule has 4 heteroatoms. The second-order valence-electron chi connectivity index (χ2n) is 4.52. The van der Waals surface area contributed by atoms with Crippen LogP contribution < -0.4 is 15.0 Å². The van der Waals surface area contributed by atoms with E-state index in [1.54, 1.807) is 6.20 Å². The Labute approximate surface area is 105 Å². The Morgan fingerprint density at radius 2 is 2.39 bits per heavy atom. The summed E-state index contributed by atoms with van der Waals surface area (Å²) in [5.41, 5.74) is 0.926. The van der Waals surface area contributed by atoms with Crippen LogP contribution in [0.3, 0.4) is 0 Å². The standard InChI is InChI=1S/C14H15NO3/c1-3-17-11-7-9-6-8(2)18-13(9)12-10(11)4-5-15-14(12)16/h4-5,7-8H,3,6H2,1-2H3,(H,15,16). The normalized spacial score (nSPS) is 17.6. The number of fused-ring (bicyclic) bond motifs is 3. The molecule has 1 aromatic heterocycles. The maximum Gasteiger partial charge on any atom is 0.259 e. The van der Waals surface area contributed by atoms with Gasteiger partial charge >= 0.3 is 0 Å². The Morgan fingerprint density at radius 1 is 1.56 bits per heavy atom. The summed E-state index contributed by atoms with van der Waals surface area (Å²) in [4.78, 5) is 14.7. The summed E-state index contributed by atoms with van der Waals surface area (Å²) in [6, 6.07) is 3.85. The third-order valence-corrected chi connectivity index (χ3v) is 3.18. The zero-order valence-electron chi connectivity index (χ0n) is 10.4. The number of pyridine rings is 1. The molecule has 0 saturated heterocycles. The minimum atomic E-state index is -0.126. The molecule has 1 atom stereocenters. The number of nitrogens with one attached hydrogen (secondary N) is 1. The Morgan fingerprint density at radius 3 is 3.17 bits per heavy atom. The van der Waals surface area contributed by atoms with Crippen molar-refractivity contribution in [2.24, 2.45) is 0 Å². The molecule has 0 radical (unpaired) electrons. The van der Waals surface area contributed by atoms with Crippen molar-refractivity contribution in [2.75, 3.05) is 6.61 Å². The zero-order chi connectivity index (χ0) is 12.7. The number of hydrogen-bond donors (Lipinski definition) is 1. The number of aromatic nitrogens is 1. The van der Waals surface area contributed by atoms with Crippen LogP contribution in [-0.4, -0.2) is 17.7 Å². The van der Waals surface area contributed by atoms with Crippen LogP contribution in [0.5, 0.6) is 11.5 Å². The Balaban J connectivity index is 2.37. The molecular formula is C14H15NO3. The molecule has 94 valence electrons. The van der Waals surface area contributed by atoms with Crippen molar-refractivity contribution in [3.05, 3.63) is 34.2 Å². The lowest BCUT2D eigenvalue weighted by molar-refractivity contribution is 0.257. The van der Waals surface area contributed by atoms with Crippen molar-refractivity contribution in [3.8, 4) is 11.5 Å². The highest BCUT2D eigenvalue weighted by Crippen LogP contribution is 2.39. The van der Waals surface area contributed by atoms with E-state index in [9.17, 15) is 4.79 Å². The van der Waals surface area contributed by atoms with Gasteiger partial charge in [0.25, 0.3) is 5.56 Å². The van der Waals surface area contributed by atoms with E-state index in [2.05, 4.69) is 4.98 Å². The first-order valence-corrected chi connectivity index (χ1v) is 6.17. The van der Waals surface area contributed by atoms with E-state index in [1.165, 1.54) is 0 Å². The van der Waals surface area contributed by atoms with Crippen molar-refractivity contribution >= 4 is 10.8 Å². The maximum absolute atomic E-state index is 12.0. The zero-order valence-corrected chi connectivity index (χ0v) is 10.4. The average Bonchev–Trinajstić information content (AvgIpc) is 2.70. The first kappa shape index (κ1) is 11.1. The highest BCUT2D eigenvalue weighted by atomic mass is 16.5. The van der Waals surface area contributed by atoms with Crippen molar-refractivity contribution in [3.63, 3.8) is 0 Å². The van der Waals surface area contributed by atoms with E-state index in [0.717, 1.165) is 23.1 Å². The topological polar surface area (TPSA) is 51.3 Å². The fourth-order valence-electron chi connectivity index (χ4n) is 2.49. The Hall–Kier alpha value is -1.97. The van der Waals surface area contributed by atoms with Gasteiger partial charge in [0, 0.05) is 23.6 Å². The van der Waals surface area contributed by atoms with Gasteiger partial charge in [-0.1, -0.05) is 0 Å². The summed E-state index contributed by atoms with van der Waals surface area (Å²) in [5.74, 6) is 1.47. The predicted octanol–water partition coefficient (Wildman–Crippen LogP) is 2.25. The molecule has 2 aromatic rings. The van der Waals surface area contributed by atoms with Crippen molar-refractivity contribution < 1.29 is 9.47 Å². The van der Waals surface area contributed by atoms with Gasteiger partial charge in [-0.05, 0) is 26.0 Å². The summed E-state index contributed by atoms with van der Waals surface area (Å²) >= 11 is 0. The molecule has 0 aliphatic carbocycles. The molecule has 1 aromatic carbocycles. The molecule has 0 bridgehead atoms. The number of hydrogen-bond acceptors (Lipinski definition) is 3. The van der Waals surface area contributed by atoms with E-state index in [4.69, 9.17) is 9.47 Å². The molecule has 1 aliphatic heterocycles. The van der Waals surface area contributed by atoms with Crippen LogP contribution >= 0.6 is 0 Å². The third kappa shape index (κ3) is 1.56. The lowest BCUT2D eigenvalue weighted by atomic mass is 10.0. The number of rotatable bonds is 2. The van der Waals surface area contributed by atoms with Gasteiger partial charge in [0.05, 0.1) is 12.0 Å². The van der Waals surface area contributed by atoms with E-state index in [-0.39, 0.29) is 11.7 Å². The summed E-state index contributed by atoms with van der Waals surface area (Å²) in [5, 5.41) is 1.41. The lowest BCUT2D eigenvalue weighted by Gasteiger charge is -2.10. The first-order valence-electron chi connectivity index (χ1n) is 6.17. The van der Waals surface area contributed by atoms with Crippen LogP contribution in [0.25, 0.3) is 10.8 Å². The average molecular weight is 245 g/mol. The molecule has 1 N–H and O–H groups in total. The predicted molar refractivity (Wildman–Crippen MR) is 69.5 cm³/mol. The molecular weight excluding hydrogens is 230 g/mol. The van der Waals surface area contributed by atoms with Gasteiger partial charge < -0.3 is 14.5 Å². The third-order valence-electron chi connectivity index (χ3n) is 3.18. The molecule has 1 aliphatic rings. The van der Waals surface area contributed by atoms with Crippen molar-refractivity contribution in [1.29, 1.82) is 0 Å². The molecule has 3 rings (SSSR count). The minimum Gasteiger partial charge on any atom is -0.493 e. The molecule has 2 heterocycles. The van der Waals surface area contributed by atoms with Gasteiger partial charge in [0.1, 0.15) is 17.6 Å². The lowest BCUT2D eigenvalue weighted by Crippen LogP contribution is -2.09. The Bertz CT molecular complexity index is 660. The second-order valence-corrected chi connectivity index (χ2v) is 4.52. The number of benzene rings is 1. The van der Waals surface area contributed by atoms with Gasteiger partial charge in [-0.3, -0.25) is 4.79 Å². The van der Waals surface area contributed by atoms with Gasteiger partial charge in [-0.25, -0.2) is 0 Å². The smallest absolute Gasteiger partial charge is 0.259 e. The molecule has 0 amide bonds. The quantitative estimate of drug-likeness (QED) is 0.882. The van der Waals surface area contributed by atoms with Gasteiger partial charge in [-0.15, -0.1) is 0 Å². The highest BCUT2D eigenvalue weighted by molar-refractivity contribution is 5.94. The van der Waals surface area contributed by atoms with E-state index >= 15 is 0 Å². The molecule has 4 nitrogen and oxygen atoms in total. The van der Waals surface area contributed by atoms with E-state index < -0.39 is 0 Å². The van der Waals surface area contributed by atoms with Crippen LogP contribution in [0, 0.1) is 0 Å². The molecule has 0 fully saturated rings. The van der Waals surface area contributed by atoms with Crippen LogP contribution in [0.15, 0.2) is 23.1 Å². The molecule has 18 heavy (non-hydrogen) atoms. The second kappa shape index (κ2) is 4.05. The number of H-pyrrole nitrogens is 1. The SMILES string of the molecule is CCOc1cc2c(c3c(=O)[nH]ccc13)OC(C)C2. The summed E-state index contributed by atoms with van der Waals surface area (Å²) in [6.07, 6.45) is 2.57. The van der Waals surface area contributed by atoms with Crippen LogP contribution in [-0.2, 0) is 6.42 Å². The fraction of sp³-hybridized carbons (Fsp3) is 0.357. The number of ether oxygens (including phenoxy) is 2. The molecule has 0 spiro atoms. The molecule has 1 unspecified atom stereocenters. The fourth-order valence-corrected chi connectivity index (χ4v) is 2.49. The minimum absolute atomic E-state index is 0.111. The highest BCUT2D eigenvalue weighted by Gasteiger charge is 2.25. The Kier molecular flexibility index (Phi) is 2.51. The summed E-state index contributed by atoms with van der Waals surface area (Å²) in [7, 11) is 0. The van der Waals surface area contributed by atoms with Gasteiger partial charge in [0.2, 0.25) is 0 Å². The molecule has 0 saturated carbocycles. The van der Waals surface area contributed by atoms with Crippen molar-refractivity contribution in [1.82, 2.24) is 4.98 Å². The van der Waals surface area contributed by atoms with E-state index in [1.807, 2.05) is 26.0 Å². The van der Waals surface area contributed by atoms with Crippen LogP contribution in [0.1, 0.15) is 19.4 Å². The summed E-state index contributed by atoms with van der Waals surface area (Å²) in [6.45, 7) is 4.52.